The van der Waals surface area contributed by atoms with Crippen molar-refractivity contribution in [1.82, 2.24) is 0 Å². The first-order valence-electron chi connectivity index (χ1n) is 7.99. The average molecular weight is 392 g/mol. The fourth-order valence-corrected chi connectivity index (χ4v) is 2.27. The van der Waals surface area contributed by atoms with E-state index in [-0.39, 0.29) is 22.9 Å². The molecule has 2 aromatic rings. The highest BCUT2D eigenvalue weighted by Crippen LogP contribution is 2.29. The van der Waals surface area contributed by atoms with Crippen molar-refractivity contribution in [2.24, 2.45) is 0 Å². The van der Waals surface area contributed by atoms with Crippen LogP contribution in [-0.4, -0.2) is 57.7 Å². The molecule has 4 atom stereocenters. The molecular formula is C16H16F3NO7. The second kappa shape index (κ2) is 8.05. The third-order valence-electron chi connectivity index (χ3n) is 3.74. The Bertz CT molecular complexity index is 904. The Morgan fingerprint density at radius 2 is 1.89 bits per heavy atom. The molecule has 0 saturated heterocycles. The van der Waals surface area contributed by atoms with E-state index < -0.39 is 48.3 Å². The number of aliphatic hydroxyl groups excluding tert-OH is 4. The molecule has 0 aliphatic rings. The lowest BCUT2D eigenvalue weighted by atomic mass is 10.0. The minimum absolute atomic E-state index is 0.0944. The predicted octanol–water partition coefficient (Wildman–Crippen LogP) is -0.134. The van der Waals surface area contributed by atoms with E-state index >= 15 is 0 Å². The predicted molar refractivity (Wildman–Crippen MR) is 86.1 cm³/mol. The molecule has 1 aromatic heterocycles. The lowest BCUT2D eigenvalue weighted by molar-refractivity contribution is -0.139. The van der Waals surface area contributed by atoms with Gasteiger partial charge < -0.3 is 34.9 Å². The van der Waals surface area contributed by atoms with Crippen molar-refractivity contribution in [1.29, 1.82) is 0 Å². The van der Waals surface area contributed by atoms with Crippen LogP contribution in [0.25, 0.3) is 11.0 Å². The maximum Gasteiger partial charge on any atom is 0.423 e. The van der Waals surface area contributed by atoms with Gasteiger partial charge in [-0.2, -0.15) is 13.2 Å². The summed E-state index contributed by atoms with van der Waals surface area (Å²) in [6.07, 6.45) is -10.5. The van der Waals surface area contributed by atoms with Gasteiger partial charge in [-0.15, -0.1) is 0 Å². The third kappa shape index (κ3) is 4.63. The monoisotopic (exact) mass is 392 g/mol. The van der Waals surface area contributed by atoms with Gasteiger partial charge in [-0.3, -0.25) is 0 Å². The van der Waals surface area contributed by atoms with E-state index in [0.717, 1.165) is 18.2 Å². The summed E-state index contributed by atoms with van der Waals surface area (Å²) in [5, 5.41) is 38.2. The summed E-state index contributed by atoms with van der Waals surface area (Å²) in [7, 11) is 0. The molecule has 27 heavy (non-hydrogen) atoms. The van der Waals surface area contributed by atoms with Crippen LogP contribution in [0.4, 0.5) is 18.9 Å². The first kappa shape index (κ1) is 19.3. The molecule has 0 aliphatic carbocycles. The molecule has 8 nitrogen and oxygen atoms in total. The molecule has 0 radical (unpaired) electrons. The van der Waals surface area contributed by atoms with E-state index in [2.05, 4.69) is 4.42 Å². The molecule has 0 amide bonds. The van der Waals surface area contributed by atoms with E-state index in [1.807, 2.05) is 0 Å². The number of hydrogen-bond acceptors (Lipinski definition) is 8. The summed E-state index contributed by atoms with van der Waals surface area (Å²) in [6, 6.07) is 2.11. The topological polar surface area (TPSA) is 140 Å². The number of fused-ring (bicyclic) bond motifs is 1. The standard InChI is InChI=1S/C16H16F3NO7/c17-16(18,19)9-3-7-1-2-8(4-12(7)27-15(9)26)20-10(5-21)13(24)14(25)11(23)6-22/h1-5,10-11,13-14,20,22-25H,6H2/t10-,11+,13+,14+/m0/s1/i/hD. The minimum atomic E-state index is -4.91. The van der Waals surface area contributed by atoms with Crippen molar-refractivity contribution in [3.05, 3.63) is 40.2 Å². The SMILES string of the molecule is [2H]N(c1ccc2cc(C(F)(F)F)c(=O)oc2c1)[C@@H](C=O)[C@@H](O)[C@H](O)[C@H](O)CO. The maximum absolute atomic E-state index is 12.8. The third-order valence-corrected chi connectivity index (χ3v) is 3.74. The Morgan fingerprint density at radius 3 is 2.44 bits per heavy atom. The van der Waals surface area contributed by atoms with E-state index in [4.69, 9.17) is 6.52 Å². The summed E-state index contributed by atoms with van der Waals surface area (Å²) in [4.78, 5) is 22.8. The zero-order valence-corrected chi connectivity index (χ0v) is 13.5. The van der Waals surface area contributed by atoms with E-state index in [1.165, 1.54) is 0 Å². The van der Waals surface area contributed by atoms with Crippen molar-refractivity contribution >= 4 is 22.9 Å². The first-order valence-corrected chi connectivity index (χ1v) is 7.54. The largest absolute Gasteiger partial charge is 0.423 e. The van der Waals surface area contributed by atoms with Crippen LogP contribution < -0.4 is 10.9 Å². The van der Waals surface area contributed by atoms with Gasteiger partial charge in [0.25, 0.3) is 0 Å². The van der Waals surface area contributed by atoms with Crippen molar-refractivity contribution in [3.63, 3.8) is 0 Å². The number of hydrogen-bond donors (Lipinski definition) is 5. The average Bonchev–Trinajstić information content (AvgIpc) is 2.65. The number of nitrogens with one attached hydrogen (secondary N) is 1. The van der Waals surface area contributed by atoms with E-state index in [1.54, 1.807) is 0 Å². The smallest absolute Gasteiger partial charge is 0.422 e. The molecule has 11 heteroatoms. The summed E-state index contributed by atoms with van der Waals surface area (Å²) >= 11 is 0. The summed E-state index contributed by atoms with van der Waals surface area (Å²) < 4.78 is 50.9. The van der Waals surface area contributed by atoms with Gasteiger partial charge in [0.1, 0.15) is 41.8 Å². The quantitative estimate of drug-likeness (QED) is 0.324. The number of aldehydes is 1. The van der Waals surface area contributed by atoms with Crippen molar-refractivity contribution < 1.29 is 44.2 Å². The van der Waals surface area contributed by atoms with E-state index in [9.17, 15) is 38.1 Å². The first-order chi connectivity index (χ1) is 13.0. The zero-order valence-electron chi connectivity index (χ0n) is 14.5. The molecule has 0 saturated carbocycles. The summed E-state index contributed by atoms with van der Waals surface area (Å²) in [5.74, 6) is 0. The number of benzene rings is 1. The fourth-order valence-electron chi connectivity index (χ4n) is 2.27. The number of halogens is 3. The van der Waals surface area contributed by atoms with Gasteiger partial charge in [0.2, 0.25) is 0 Å². The Hall–Kier alpha value is -2.47. The molecule has 0 unspecified atom stereocenters. The van der Waals surface area contributed by atoms with Gasteiger partial charge >= 0.3 is 11.8 Å². The van der Waals surface area contributed by atoms with Crippen LogP contribution in [0.2, 0.25) is 1.41 Å². The van der Waals surface area contributed by atoms with Gasteiger partial charge in [0.15, 0.2) is 1.41 Å². The zero-order chi connectivity index (χ0) is 21.2. The highest BCUT2D eigenvalue weighted by Gasteiger charge is 2.35. The van der Waals surface area contributed by atoms with Crippen LogP contribution in [0.15, 0.2) is 33.5 Å². The Kier molecular flexibility index (Phi) is 5.75. The molecule has 2 rings (SSSR count). The number of carbonyl (C=O) groups excluding carboxylic acids is 1. The van der Waals surface area contributed by atoms with Crippen LogP contribution in [-0.2, 0) is 11.0 Å². The van der Waals surface area contributed by atoms with Gasteiger partial charge in [-0.1, -0.05) is 0 Å². The highest BCUT2D eigenvalue weighted by molar-refractivity contribution is 5.81. The molecule has 1 heterocycles. The van der Waals surface area contributed by atoms with Gasteiger partial charge in [0, 0.05) is 17.1 Å². The molecule has 5 N–H and O–H groups in total. The second-order valence-corrected chi connectivity index (χ2v) is 5.65. The Balaban J connectivity index is 2.40. The summed E-state index contributed by atoms with van der Waals surface area (Å²) in [6.45, 7) is -0.912. The number of aliphatic hydroxyl groups is 4. The van der Waals surface area contributed by atoms with Crippen LogP contribution >= 0.6 is 0 Å². The minimum Gasteiger partial charge on any atom is -0.422 e. The molecule has 0 aliphatic heterocycles. The number of rotatable bonds is 7. The molecule has 1 aromatic carbocycles. The summed E-state index contributed by atoms with van der Waals surface area (Å²) in [5.41, 5.74) is -3.60. The van der Waals surface area contributed by atoms with Crippen LogP contribution in [0.1, 0.15) is 5.56 Å². The van der Waals surface area contributed by atoms with Gasteiger partial charge in [-0.05, 0) is 18.2 Å². The van der Waals surface area contributed by atoms with Crippen molar-refractivity contribution in [3.8, 4) is 0 Å². The maximum atomic E-state index is 12.8. The number of anilines is 1. The number of alkyl halides is 3. The molecule has 148 valence electrons. The Morgan fingerprint density at radius 1 is 1.22 bits per heavy atom. The van der Waals surface area contributed by atoms with E-state index in [0.29, 0.717) is 11.4 Å². The van der Waals surface area contributed by atoms with Crippen molar-refractivity contribution in [2.75, 3.05) is 11.9 Å². The lowest BCUT2D eigenvalue weighted by Crippen LogP contribution is -2.49. The van der Waals surface area contributed by atoms with Gasteiger partial charge in [-0.25, -0.2) is 4.79 Å². The van der Waals surface area contributed by atoms with Crippen LogP contribution in [0.5, 0.6) is 0 Å². The van der Waals surface area contributed by atoms with Crippen molar-refractivity contribution in [2.45, 2.75) is 30.5 Å². The molecular weight excluding hydrogens is 375 g/mol. The van der Waals surface area contributed by atoms with Gasteiger partial charge in [0.05, 0.1) is 6.61 Å². The fraction of sp³-hybridized carbons (Fsp3) is 0.375. The molecule has 0 spiro atoms. The second-order valence-electron chi connectivity index (χ2n) is 5.65. The number of carbonyl (C=O) groups is 1. The normalized spacial score (nSPS) is 17.1. The lowest BCUT2D eigenvalue weighted by Gasteiger charge is -2.26. The van der Waals surface area contributed by atoms with Crippen LogP contribution in [0, 0.1) is 0 Å². The molecule has 0 bridgehead atoms. The highest BCUT2D eigenvalue weighted by atomic mass is 19.4. The van der Waals surface area contributed by atoms with Crippen LogP contribution in [0.3, 0.4) is 0 Å². The molecule has 0 fully saturated rings. The Labute approximate surface area is 150 Å².